The molecule has 1 aromatic carbocycles. The second-order valence-corrected chi connectivity index (χ2v) is 8.38. The molecule has 0 unspecified atom stereocenters. The van der Waals surface area contributed by atoms with Crippen molar-refractivity contribution < 1.29 is 4.74 Å². The number of aliphatic imine (C=N–C) groups is 1. The van der Waals surface area contributed by atoms with Gasteiger partial charge in [0.2, 0.25) is 0 Å². The van der Waals surface area contributed by atoms with Crippen LogP contribution in [0, 0.1) is 6.92 Å². The number of hydrogen-bond acceptors (Lipinski definition) is 7. The van der Waals surface area contributed by atoms with Crippen LogP contribution < -0.4 is 21.9 Å². The molecular weight excluding hydrogens is 428 g/mol. The number of anilines is 2. The first-order chi connectivity index (χ1) is 16.5. The van der Waals surface area contributed by atoms with Crippen LogP contribution >= 0.6 is 0 Å². The maximum Gasteiger partial charge on any atom is 0.259 e. The van der Waals surface area contributed by atoms with E-state index in [0.29, 0.717) is 34.3 Å². The van der Waals surface area contributed by atoms with E-state index in [4.69, 9.17) is 10.5 Å². The smallest absolute Gasteiger partial charge is 0.259 e. The standard InChI is InChI=1S/C26H30N6O2/c1-16-12-20(4-5-21(16)18-6-9-28-10-7-18)31-25-24-19(8-11-30-26(24)33)13-23(32-25)22(27)15-29-14-17(2)34-3/h4-5,8,11-15,18,28H,2,6-7,9-10,27H2,1,3H3,(H,30,33)(H,31,32)/b22-15-,29-14-. The zero-order valence-electron chi connectivity index (χ0n) is 19.5. The molecule has 1 saturated heterocycles. The molecule has 1 aliphatic rings. The van der Waals surface area contributed by atoms with E-state index in [1.54, 1.807) is 12.3 Å². The van der Waals surface area contributed by atoms with Gasteiger partial charge in [0.05, 0.1) is 36.3 Å². The quantitative estimate of drug-likeness (QED) is 0.315. The minimum absolute atomic E-state index is 0.223. The molecule has 176 valence electrons. The molecule has 0 spiro atoms. The summed E-state index contributed by atoms with van der Waals surface area (Å²) in [6, 6.07) is 9.92. The van der Waals surface area contributed by atoms with Gasteiger partial charge < -0.3 is 26.1 Å². The summed E-state index contributed by atoms with van der Waals surface area (Å²) in [6.45, 7) is 7.92. The molecule has 4 rings (SSSR count). The number of aryl methyl sites for hydroxylation is 1. The summed E-state index contributed by atoms with van der Waals surface area (Å²) in [7, 11) is 1.52. The molecule has 0 bridgehead atoms. The molecule has 8 nitrogen and oxygen atoms in total. The number of nitrogens with two attached hydrogens (primary N) is 1. The minimum Gasteiger partial charge on any atom is -0.496 e. The number of pyridine rings is 2. The third-order valence-electron chi connectivity index (χ3n) is 6.06. The number of hydrogen-bond donors (Lipinski definition) is 4. The number of H-pyrrole nitrogens is 1. The van der Waals surface area contributed by atoms with E-state index in [1.165, 1.54) is 30.7 Å². The van der Waals surface area contributed by atoms with Crippen molar-refractivity contribution >= 4 is 34.2 Å². The highest BCUT2D eigenvalue weighted by Gasteiger charge is 2.17. The molecule has 0 saturated carbocycles. The van der Waals surface area contributed by atoms with Crippen LogP contribution in [0.3, 0.4) is 0 Å². The summed E-state index contributed by atoms with van der Waals surface area (Å²) < 4.78 is 4.97. The number of nitrogens with one attached hydrogen (secondary N) is 3. The van der Waals surface area contributed by atoms with Gasteiger partial charge in [-0.15, -0.1) is 0 Å². The number of aromatic nitrogens is 2. The molecule has 0 amide bonds. The van der Waals surface area contributed by atoms with Crippen LogP contribution in [0.15, 0.2) is 64.9 Å². The average Bonchev–Trinajstić information content (AvgIpc) is 2.84. The largest absolute Gasteiger partial charge is 0.496 e. The lowest BCUT2D eigenvalue weighted by atomic mass is 9.87. The Balaban J connectivity index is 1.69. The van der Waals surface area contributed by atoms with Crippen LogP contribution in [-0.4, -0.2) is 36.4 Å². The van der Waals surface area contributed by atoms with Crippen molar-refractivity contribution in [3.05, 3.63) is 82.2 Å². The van der Waals surface area contributed by atoms with Crippen molar-refractivity contribution in [1.82, 2.24) is 15.3 Å². The third-order valence-corrected chi connectivity index (χ3v) is 6.06. The van der Waals surface area contributed by atoms with Crippen LogP contribution in [0.5, 0.6) is 0 Å². The Hall–Kier alpha value is -3.91. The first-order valence-electron chi connectivity index (χ1n) is 11.3. The van der Waals surface area contributed by atoms with E-state index < -0.39 is 0 Å². The van der Waals surface area contributed by atoms with Crippen LogP contribution in [-0.2, 0) is 4.74 Å². The predicted octanol–water partition coefficient (Wildman–Crippen LogP) is 3.93. The highest BCUT2D eigenvalue weighted by atomic mass is 16.5. The maximum atomic E-state index is 12.6. The van der Waals surface area contributed by atoms with Crippen molar-refractivity contribution in [1.29, 1.82) is 0 Å². The molecule has 5 N–H and O–H groups in total. The van der Waals surface area contributed by atoms with Gasteiger partial charge in [0.25, 0.3) is 5.56 Å². The highest BCUT2D eigenvalue weighted by Crippen LogP contribution is 2.31. The molecule has 0 atom stereocenters. The topological polar surface area (TPSA) is 117 Å². The summed E-state index contributed by atoms with van der Waals surface area (Å²) in [5.74, 6) is 1.41. The van der Waals surface area contributed by atoms with E-state index in [-0.39, 0.29) is 5.56 Å². The van der Waals surface area contributed by atoms with Gasteiger partial charge >= 0.3 is 0 Å². The molecule has 0 aliphatic carbocycles. The fourth-order valence-electron chi connectivity index (χ4n) is 4.25. The van der Waals surface area contributed by atoms with E-state index in [0.717, 1.165) is 37.0 Å². The Morgan fingerprint density at radius 3 is 2.82 bits per heavy atom. The molecule has 0 radical (unpaired) electrons. The summed E-state index contributed by atoms with van der Waals surface area (Å²) in [6.07, 6.45) is 6.83. The number of nitrogens with zero attached hydrogens (tertiary/aromatic N) is 2. The SMILES string of the molecule is C=C(/C=N\C=C(/N)c1cc2cc[nH]c(=O)c2c(Nc2ccc(C3CCNCC3)c(C)c2)n1)OC. The predicted molar refractivity (Wildman–Crippen MR) is 138 cm³/mol. The number of allylic oxidation sites excluding steroid dienone is 1. The van der Waals surface area contributed by atoms with Gasteiger partial charge in [-0.3, -0.25) is 9.79 Å². The third kappa shape index (κ3) is 5.18. The van der Waals surface area contributed by atoms with Crippen LogP contribution in [0.1, 0.15) is 35.6 Å². The number of rotatable bonds is 7. The van der Waals surface area contributed by atoms with Gasteiger partial charge in [-0.2, -0.15) is 0 Å². The van der Waals surface area contributed by atoms with E-state index in [1.807, 2.05) is 12.1 Å². The highest BCUT2D eigenvalue weighted by molar-refractivity contribution is 5.94. The van der Waals surface area contributed by atoms with Gasteiger partial charge in [-0.1, -0.05) is 12.6 Å². The molecule has 1 fully saturated rings. The maximum absolute atomic E-state index is 12.6. The second kappa shape index (κ2) is 10.4. The van der Waals surface area contributed by atoms with E-state index in [2.05, 4.69) is 51.2 Å². The molecular formula is C26H30N6O2. The zero-order valence-corrected chi connectivity index (χ0v) is 19.5. The van der Waals surface area contributed by atoms with E-state index in [9.17, 15) is 4.79 Å². The number of methoxy groups -OCH3 is 1. The van der Waals surface area contributed by atoms with Crippen molar-refractivity contribution in [2.75, 3.05) is 25.5 Å². The number of fused-ring (bicyclic) bond motifs is 1. The summed E-state index contributed by atoms with van der Waals surface area (Å²) >= 11 is 0. The van der Waals surface area contributed by atoms with Gasteiger partial charge in [-0.05, 0) is 79.6 Å². The van der Waals surface area contributed by atoms with Gasteiger partial charge in [-0.25, -0.2) is 4.98 Å². The number of aromatic amines is 1. The lowest BCUT2D eigenvalue weighted by molar-refractivity contribution is 0.319. The monoisotopic (exact) mass is 458 g/mol. The lowest BCUT2D eigenvalue weighted by Gasteiger charge is -2.25. The zero-order chi connectivity index (χ0) is 24.1. The molecule has 34 heavy (non-hydrogen) atoms. The summed E-state index contributed by atoms with van der Waals surface area (Å²) in [4.78, 5) is 24.2. The van der Waals surface area contributed by atoms with Crippen LogP contribution in [0.4, 0.5) is 11.5 Å². The summed E-state index contributed by atoms with van der Waals surface area (Å²) in [5, 5.41) is 7.95. The Bertz CT molecular complexity index is 1320. The van der Waals surface area contributed by atoms with Gasteiger partial charge in [0, 0.05) is 11.9 Å². The first-order valence-corrected chi connectivity index (χ1v) is 11.3. The average molecular weight is 459 g/mol. The Morgan fingerprint density at radius 2 is 2.09 bits per heavy atom. The first kappa shape index (κ1) is 23.3. The fraction of sp³-hybridized carbons (Fsp3) is 0.269. The second-order valence-electron chi connectivity index (χ2n) is 8.38. The van der Waals surface area contributed by atoms with Crippen molar-refractivity contribution in [3.63, 3.8) is 0 Å². The molecule has 8 heteroatoms. The fourth-order valence-corrected chi connectivity index (χ4v) is 4.25. The van der Waals surface area contributed by atoms with Gasteiger partial charge in [0.1, 0.15) is 11.6 Å². The normalized spacial score (nSPS) is 15.1. The van der Waals surface area contributed by atoms with E-state index >= 15 is 0 Å². The van der Waals surface area contributed by atoms with Crippen molar-refractivity contribution in [2.24, 2.45) is 10.7 Å². The Kier molecular flexibility index (Phi) is 7.08. The molecule has 2 aromatic heterocycles. The number of benzene rings is 1. The minimum atomic E-state index is -0.223. The molecule has 3 aromatic rings. The number of piperidine rings is 1. The van der Waals surface area contributed by atoms with Crippen molar-refractivity contribution in [2.45, 2.75) is 25.7 Å². The van der Waals surface area contributed by atoms with Crippen LogP contribution in [0.2, 0.25) is 0 Å². The Labute approximate surface area is 198 Å². The summed E-state index contributed by atoms with van der Waals surface area (Å²) in [5.41, 5.74) is 10.3. The molecule has 3 heterocycles. The van der Waals surface area contributed by atoms with Gasteiger partial charge in [0.15, 0.2) is 0 Å². The lowest BCUT2D eigenvalue weighted by Crippen LogP contribution is -2.26. The molecule has 1 aliphatic heterocycles. The number of ether oxygens (including phenoxy) is 1. The Morgan fingerprint density at radius 1 is 1.29 bits per heavy atom. The van der Waals surface area contributed by atoms with Crippen molar-refractivity contribution in [3.8, 4) is 0 Å². The van der Waals surface area contributed by atoms with Crippen LogP contribution in [0.25, 0.3) is 16.5 Å².